The lowest BCUT2D eigenvalue weighted by molar-refractivity contribution is 0.102. The predicted octanol–water partition coefficient (Wildman–Crippen LogP) is 5.60. The molecule has 1 N–H and O–H groups in total. The van der Waals surface area contributed by atoms with E-state index in [-0.39, 0.29) is 5.91 Å². The van der Waals surface area contributed by atoms with E-state index in [1.54, 1.807) is 24.4 Å². The van der Waals surface area contributed by atoms with Gasteiger partial charge in [-0.15, -0.1) is 11.3 Å². The van der Waals surface area contributed by atoms with E-state index in [1.165, 1.54) is 22.5 Å². The van der Waals surface area contributed by atoms with Crippen LogP contribution in [0.4, 0.5) is 5.13 Å². The van der Waals surface area contributed by atoms with Crippen LogP contribution in [0.25, 0.3) is 0 Å². The molecule has 122 valence electrons. The zero-order valence-electron chi connectivity index (χ0n) is 12.8. The largest absolute Gasteiger partial charge is 0.298 e. The third kappa shape index (κ3) is 4.15. The highest BCUT2D eigenvalue weighted by atomic mass is 35.5. The van der Waals surface area contributed by atoms with Crippen LogP contribution in [0, 0.1) is 6.92 Å². The zero-order valence-corrected chi connectivity index (χ0v) is 15.2. The maximum atomic E-state index is 12.3. The summed E-state index contributed by atoms with van der Waals surface area (Å²) in [7, 11) is 0. The fourth-order valence-electron chi connectivity index (χ4n) is 2.19. The van der Waals surface area contributed by atoms with Crippen molar-refractivity contribution < 1.29 is 4.79 Å². The maximum absolute atomic E-state index is 12.3. The third-order valence-electron chi connectivity index (χ3n) is 3.45. The second kappa shape index (κ2) is 7.34. The van der Waals surface area contributed by atoms with Crippen LogP contribution in [0.3, 0.4) is 0 Å². The van der Waals surface area contributed by atoms with Crippen LogP contribution >= 0.6 is 34.5 Å². The van der Waals surface area contributed by atoms with Crippen LogP contribution in [0.1, 0.15) is 26.4 Å². The van der Waals surface area contributed by atoms with Crippen molar-refractivity contribution in [1.29, 1.82) is 0 Å². The van der Waals surface area contributed by atoms with Gasteiger partial charge in [0, 0.05) is 22.5 Å². The molecular weight excluding hydrogens is 363 g/mol. The van der Waals surface area contributed by atoms with Gasteiger partial charge >= 0.3 is 0 Å². The second-order valence-electron chi connectivity index (χ2n) is 5.37. The molecule has 0 radical (unpaired) electrons. The lowest BCUT2D eigenvalue weighted by Gasteiger charge is -2.04. The minimum absolute atomic E-state index is 0.298. The van der Waals surface area contributed by atoms with Gasteiger partial charge in [0.05, 0.1) is 10.6 Å². The molecule has 3 nitrogen and oxygen atoms in total. The van der Waals surface area contributed by atoms with Crippen LogP contribution in [0.2, 0.25) is 10.0 Å². The average Bonchev–Trinajstić information content (AvgIpc) is 2.96. The summed E-state index contributed by atoms with van der Waals surface area (Å²) in [6, 6.07) is 13.1. The van der Waals surface area contributed by atoms with Gasteiger partial charge in [0.15, 0.2) is 5.13 Å². The SMILES string of the molecule is Cc1ccc(Cc2cnc(NC(=O)c3ccc(Cl)cc3Cl)s2)cc1. The molecule has 0 bridgehead atoms. The second-order valence-corrected chi connectivity index (χ2v) is 7.33. The lowest BCUT2D eigenvalue weighted by Crippen LogP contribution is -2.12. The van der Waals surface area contributed by atoms with E-state index in [1.807, 2.05) is 0 Å². The number of benzene rings is 2. The molecule has 0 spiro atoms. The van der Waals surface area contributed by atoms with E-state index in [9.17, 15) is 4.79 Å². The Balaban J connectivity index is 1.69. The number of aryl methyl sites for hydroxylation is 1. The molecule has 0 saturated carbocycles. The standard InChI is InChI=1S/C18H14Cl2N2OS/c1-11-2-4-12(5-3-11)8-14-10-21-18(24-14)22-17(23)15-7-6-13(19)9-16(15)20/h2-7,9-10H,8H2,1H3,(H,21,22,23). The van der Waals surface area contributed by atoms with E-state index in [0.717, 1.165) is 11.3 Å². The number of hydrogen-bond acceptors (Lipinski definition) is 3. The Labute approximate surface area is 154 Å². The highest BCUT2D eigenvalue weighted by Gasteiger charge is 2.13. The number of rotatable bonds is 4. The number of carbonyl (C=O) groups excluding carboxylic acids is 1. The van der Waals surface area contributed by atoms with Gasteiger partial charge in [-0.05, 0) is 30.7 Å². The van der Waals surface area contributed by atoms with E-state index in [4.69, 9.17) is 23.2 Å². The molecule has 0 unspecified atom stereocenters. The Morgan fingerprint density at radius 3 is 2.62 bits per heavy atom. The Morgan fingerprint density at radius 1 is 1.17 bits per heavy atom. The van der Waals surface area contributed by atoms with Gasteiger partial charge in [0.25, 0.3) is 5.91 Å². The third-order valence-corrected chi connectivity index (χ3v) is 4.91. The first-order chi connectivity index (χ1) is 11.5. The zero-order chi connectivity index (χ0) is 17.1. The summed E-state index contributed by atoms with van der Waals surface area (Å²) in [4.78, 5) is 17.6. The average molecular weight is 377 g/mol. The van der Waals surface area contributed by atoms with Crippen LogP contribution in [0.15, 0.2) is 48.7 Å². The predicted molar refractivity (Wildman–Crippen MR) is 101 cm³/mol. The minimum Gasteiger partial charge on any atom is -0.298 e. The number of anilines is 1. The lowest BCUT2D eigenvalue weighted by atomic mass is 10.1. The molecule has 3 rings (SSSR count). The van der Waals surface area contributed by atoms with Gasteiger partial charge in [-0.1, -0.05) is 53.0 Å². The van der Waals surface area contributed by atoms with Crippen LogP contribution in [-0.2, 0) is 6.42 Å². The van der Waals surface area contributed by atoms with Gasteiger partial charge in [0.2, 0.25) is 0 Å². The molecule has 24 heavy (non-hydrogen) atoms. The molecule has 3 aromatic rings. The summed E-state index contributed by atoms with van der Waals surface area (Å²) in [6.07, 6.45) is 2.57. The smallest absolute Gasteiger partial charge is 0.258 e. The van der Waals surface area contributed by atoms with Gasteiger partial charge in [-0.2, -0.15) is 0 Å². The van der Waals surface area contributed by atoms with Crippen molar-refractivity contribution in [2.24, 2.45) is 0 Å². The van der Waals surface area contributed by atoms with E-state index in [0.29, 0.717) is 20.7 Å². The monoisotopic (exact) mass is 376 g/mol. The number of carbonyl (C=O) groups is 1. The quantitative estimate of drug-likeness (QED) is 0.643. The molecule has 0 aliphatic rings. The van der Waals surface area contributed by atoms with Crippen molar-refractivity contribution in [2.45, 2.75) is 13.3 Å². The number of aromatic nitrogens is 1. The van der Waals surface area contributed by atoms with Crippen molar-refractivity contribution >= 4 is 45.6 Å². The van der Waals surface area contributed by atoms with Crippen molar-refractivity contribution in [3.63, 3.8) is 0 Å². The first kappa shape index (κ1) is 17.0. The molecular formula is C18H14Cl2N2OS. The molecule has 1 amide bonds. The summed E-state index contributed by atoms with van der Waals surface area (Å²) < 4.78 is 0. The summed E-state index contributed by atoms with van der Waals surface area (Å²) in [5.41, 5.74) is 2.81. The van der Waals surface area contributed by atoms with Crippen molar-refractivity contribution in [2.75, 3.05) is 5.32 Å². The Hall–Kier alpha value is -1.88. The van der Waals surface area contributed by atoms with Crippen molar-refractivity contribution in [3.8, 4) is 0 Å². The number of halogens is 2. The van der Waals surface area contributed by atoms with Gasteiger partial charge in [0.1, 0.15) is 0 Å². The minimum atomic E-state index is -0.298. The fraction of sp³-hybridized carbons (Fsp3) is 0.111. The normalized spacial score (nSPS) is 10.6. The highest BCUT2D eigenvalue weighted by molar-refractivity contribution is 7.15. The van der Waals surface area contributed by atoms with Gasteiger partial charge in [-0.3, -0.25) is 10.1 Å². The summed E-state index contributed by atoms with van der Waals surface area (Å²) >= 11 is 13.4. The van der Waals surface area contributed by atoms with Crippen molar-refractivity contribution in [3.05, 3.63) is 80.3 Å². The van der Waals surface area contributed by atoms with Gasteiger partial charge in [-0.25, -0.2) is 4.98 Å². The molecule has 6 heteroatoms. The molecule has 2 aromatic carbocycles. The Bertz CT molecular complexity index is 875. The summed E-state index contributed by atoms with van der Waals surface area (Å²) in [5.74, 6) is -0.298. The summed E-state index contributed by atoms with van der Waals surface area (Å²) in [5, 5.41) is 4.13. The molecule has 1 aromatic heterocycles. The van der Waals surface area contributed by atoms with Gasteiger partial charge < -0.3 is 0 Å². The summed E-state index contributed by atoms with van der Waals surface area (Å²) in [6.45, 7) is 2.06. The number of nitrogens with one attached hydrogen (secondary N) is 1. The number of amides is 1. The molecule has 0 aliphatic carbocycles. The number of hydrogen-bond donors (Lipinski definition) is 1. The fourth-order valence-corrected chi connectivity index (χ4v) is 3.53. The first-order valence-electron chi connectivity index (χ1n) is 7.28. The first-order valence-corrected chi connectivity index (χ1v) is 8.85. The van der Waals surface area contributed by atoms with Crippen molar-refractivity contribution in [1.82, 2.24) is 4.98 Å². The molecule has 1 heterocycles. The van der Waals surface area contributed by atoms with E-state index in [2.05, 4.69) is 41.5 Å². The number of thiazole rings is 1. The topological polar surface area (TPSA) is 42.0 Å². The molecule has 0 atom stereocenters. The molecule has 0 saturated heterocycles. The molecule has 0 aliphatic heterocycles. The van der Waals surface area contributed by atoms with Crippen LogP contribution < -0.4 is 5.32 Å². The Morgan fingerprint density at radius 2 is 1.92 bits per heavy atom. The highest BCUT2D eigenvalue weighted by Crippen LogP contribution is 2.25. The number of nitrogens with zero attached hydrogens (tertiary/aromatic N) is 1. The van der Waals surface area contributed by atoms with E-state index >= 15 is 0 Å². The Kier molecular flexibility index (Phi) is 5.19. The van der Waals surface area contributed by atoms with Crippen LogP contribution in [0.5, 0.6) is 0 Å². The maximum Gasteiger partial charge on any atom is 0.258 e. The molecule has 0 fully saturated rings. The van der Waals surface area contributed by atoms with Crippen LogP contribution in [-0.4, -0.2) is 10.9 Å². The van der Waals surface area contributed by atoms with E-state index < -0.39 is 0 Å².